The van der Waals surface area contributed by atoms with E-state index in [0.29, 0.717) is 10.9 Å². The first-order valence-corrected chi connectivity index (χ1v) is 10.9. The molecule has 158 valence electrons. The number of hydrogen-bond acceptors (Lipinski definition) is 6. The Labute approximate surface area is 177 Å². The molecular formula is C22H31N3O3S. The van der Waals surface area contributed by atoms with E-state index in [1.807, 2.05) is 12.1 Å². The molecule has 3 rings (SSSR count). The molecule has 0 bridgehead atoms. The molecule has 2 aromatic rings. The quantitative estimate of drug-likeness (QED) is 0.677. The van der Waals surface area contributed by atoms with E-state index in [4.69, 9.17) is 9.47 Å². The summed E-state index contributed by atoms with van der Waals surface area (Å²) in [6.07, 6.45) is 3.08. The minimum Gasteiger partial charge on any atom is -0.484 e. The normalized spacial score (nSPS) is 17.3. The third-order valence-corrected chi connectivity index (χ3v) is 5.80. The predicted molar refractivity (Wildman–Crippen MR) is 116 cm³/mol. The molecule has 1 unspecified atom stereocenters. The fraction of sp³-hybridized carbons (Fsp3) is 0.591. The Morgan fingerprint density at radius 3 is 2.55 bits per heavy atom. The number of benzene rings is 1. The van der Waals surface area contributed by atoms with Crippen molar-refractivity contribution < 1.29 is 14.3 Å². The smallest absolute Gasteiger partial charge is 0.264 e. The number of rotatable bonds is 7. The number of nitrogens with one attached hydrogen (secondary N) is 1. The minimum absolute atomic E-state index is 0.00968. The summed E-state index contributed by atoms with van der Waals surface area (Å²) in [5.41, 5.74) is 1.59. The molecule has 1 amide bonds. The zero-order chi connectivity index (χ0) is 21.1. The zero-order valence-electron chi connectivity index (χ0n) is 17.9. The number of hydrogen-bond donors (Lipinski definition) is 1. The maximum Gasteiger partial charge on any atom is 0.264 e. The van der Waals surface area contributed by atoms with Gasteiger partial charge in [0.15, 0.2) is 6.61 Å². The molecule has 6 nitrogen and oxygen atoms in total. The van der Waals surface area contributed by atoms with Crippen LogP contribution in [0.4, 0.5) is 5.13 Å². The van der Waals surface area contributed by atoms with Crippen molar-refractivity contribution in [2.45, 2.75) is 65.4 Å². The summed E-state index contributed by atoms with van der Waals surface area (Å²) in [7, 11) is 0. The van der Waals surface area contributed by atoms with E-state index in [0.717, 1.165) is 30.9 Å². The molecule has 1 aliphatic heterocycles. The summed E-state index contributed by atoms with van der Waals surface area (Å²) in [4.78, 5) is 12.2. The highest BCUT2D eigenvalue weighted by Crippen LogP contribution is 2.36. The van der Waals surface area contributed by atoms with Crippen LogP contribution >= 0.6 is 11.3 Å². The molecule has 0 aliphatic carbocycles. The van der Waals surface area contributed by atoms with Gasteiger partial charge in [-0.2, -0.15) is 0 Å². The molecule has 2 heterocycles. The summed E-state index contributed by atoms with van der Waals surface area (Å²) >= 11 is 1.35. The van der Waals surface area contributed by atoms with Crippen LogP contribution in [0.25, 0.3) is 0 Å². The van der Waals surface area contributed by atoms with Gasteiger partial charge in [-0.1, -0.05) is 58.1 Å². The first-order valence-electron chi connectivity index (χ1n) is 10.1. The van der Waals surface area contributed by atoms with Gasteiger partial charge in [-0.05, 0) is 47.8 Å². The third-order valence-electron chi connectivity index (χ3n) is 4.87. The number of carbonyl (C=O) groups excluding carboxylic acids is 1. The second-order valence-electron chi connectivity index (χ2n) is 9.43. The lowest BCUT2D eigenvalue weighted by Crippen LogP contribution is -2.24. The highest BCUT2D eigenvalue weighted by Gasteiger charge is 2.27. The molecule has 1 N–H and O–H groups in total. The second-order valence-corrected chi connectivity index (χ2v) is 10.4. The molecule has 29 heavy (non-hydrogen) atoms. The Morgan fingerprint density at radius 2 is 1.93 bits per heavy atom. The average Bonchev–Trinajstić information content (AvgIpc) is 3.30. The molecule has 7 heteroatoms. The van der Waals surface area contributed by atoms with Crippen molar-refractivity contribution in [3.8, 4) is 5.75 Å². The Balaban J connectivity index is 1.50. The largest absolute Gasteiger partial charge is 0.484 e. The molecule has 1 aromatic carbocycles. The molecule has 0 saturated carbocycles. The van der Waals surface area contributed by atoms with E-state index in [9.17, 15) is 4.79 Å². The van der Waals surface area contributed by atoms with Crippen LogP contribution in [0, 0.1) is 5.41 Å². The Bertz CT molecular complexity index is 819. The molecule has 1 aliphatic rings. The van der Waals surface area contributed by atoms with Crippen molar-refractivity contribution in [3.63, 3.8) is 0 Å². The Hall–Kier alpha value is -1.99. The van der Waals surface area contributed by atoms with E-state index >= 15 is 0 Å². The molecule has 0 radical (unpaired) electrons. The average molecular weight is 418 g/mol. The fourth-order valence-corrected chi connectivity index (χ4v) is 4.77. The first-order chi connectivity index (χ1) is 13.6. The van der Waals surface area contributed by atoms with Crippen molar-refractivity contribution in [1.29, 1.82) is 0 Å². The molecule has 1 atom stereocenters. The number of amides is 1. The highest BCUT2D eigenvalue weighted by atomic mass is 32.1. The summed E-state index contributed by atoms with van der Waals surface area (Å²) < 4.78 is 11.2. The van der Waals surface area contributed by atoms with E-state index in [2.05, 4.69) is 62.3 Å². The van der Waals surface area contributed by atoms with Gasteiger partial charge in [0.1, 0.15) is 16.9 Å². The van der Waals surface area contributed by atoms with E-state index in [-0.39, 0.29) is 29.4 Å². The van der Waals surface area contributed by atoms with Crippen LogP contribution in [0.15, 0.2) is 24.3 Å². The number of ether oxygens (including phenoxy) is 2. The Kier molecular flexibility index (Phi) is 6.58. The van der Waals surface area contributed by atoms with Crippen LogP contribution < -0.4 is 10.1 Å². The topological polar surface area (TPSA) is 73.3 Å². The third kappa shape index (κ3) is 6.24. The van der Waals surface area contributed by atoms with Crippen molar-refractivity contribution in [1.82, 2.24) is 10.2 Å². The number of nitrogens with zero attached hydrogens (tertiary/aromatic N) is 2. The molecule has 1 saturated heterocycles. The van der Waals surface area contributed by atoms with E-state index in [1.54, 1.807) is 0 Å². The van der Waals surface area contributed by atoms with Gasteiger partial charge in [0.25, 0.3) is 5.91 Å². The lowest BCUT2D eigenvalue weighted by atomic mass is 9.72. The van der Waals surface area contributed by atoms with Crippen LogP contribution in [0.5, 0.6) is 5.75 Å². The molecule has 0 spiro atoms. The van der Waals surface area contributed by atoms with Crippen molar-refractivity contribution in [2.24, 2.45) is 5.41 Å². The van der Waals surface area contributed by atoms with Gasteiger partial charge in [0.2, 0.25) is 5.13 Å². The summed E-state index contributed by atoms with van der Waals surface area (Å²) in [6.45, 7) is 12.0. The molecular weight excluding hydrogens is 386 g/mol. The van der Waals surface area contributed by atoms with Crippen molar-refractivity contribution in [3.05, 3.63) is 34.8 Å². The van der Waals surface area contributed by atoms with Gasteiger partial charge in [-0.3, -0.25) is 10.1 Å². The van der Waals surface area contributed by atoms with Crippen molar-refractivity contribution >= 4 is 22.4 Å². The summed E-state index contributed by atoms with van der Waals surface area (Å²) in [6, 6.07) is 8.01. The second kappa shape index (κ2) is 8.79. The van der Waals surface area contributed by atoms with Gasteiger partial charge in [-0.25, -0.2) is 0 Å². The minimum atomic E-state index is -0.253. The van der Waals surface area contributed by atoms with Crippen LogP contribution in [-0.4, -0.2) is 29.3 Å². The van der Waals surface area contributed by atoms with Crippen LogP contribution in [0.1, 0.15) is 70.6 Å². The van der Waals surface area contributed by atoms with Crippen LogP contribution in [-0.2, 0) is 14.9 Å². The molecule has 1 fully saturated rings. The number of aromatic nitrogens is 2. The summed E-state index contributed by atoms with van der Waals surface area (Å²) in [5.74, 6) is 0.421. The maximum atomic E-state index is 12.2. The van der Waals surface area contributed by atoms with Gasteiger partial charge >= 0.3 is 0 Å². The fourth-order valence-electron chi connectivity index (χ4n) is 3.92. The van der Waals surface area contributed by atoms with Gasteiger partial charge in [-0.15, -0.1) is 10.2 Å². The van der Waals surface area contributed by atoms with E-state index < -0.39 is 0 Å². The lowest BCUT2D eigenvalue weighted by Gasteiger charge is -2.33. The van der Waals surface area contributed by atoms with Gasteiger partial charge in [0, 0.05) is 6.61 Å². The highest BCUT2D eigenvalue weighted by molar-refractivity contribution is 7.15. The lowest BCUT2D eigenvalue weighted by molar-refractivity contribution is -0.118. The predicted octanol–water partition coefficient (Wildman–Crippen LogP) is 5.12. The van der Waals surface area contributed by atoms with Crippen LogP contribution in [0.3, 0.4) is 0 Å². The molecule has 1 aromatic heterocycles. The van der Waals surface area contributed by atoms with E-state index in [1.165, 1.54) is 16.9 Å². The summed E-state index contributed by atoms with van der Waals surface area (Å²) in [5, 5.41) is 12.2. The number of anilines is 1. The van der Waals surface area contributed by atoms with Gasteiger partial charge in [0.05, 0.1) is 0 Å². The number of carbonyl (C=O) groups is 1. The monoisotopic (exact) mass is 417 g/mol. The standard InChI is InChI=1S/C22H31N3O3S/c1-21(2,3)14-22(4,5)15-8-10-16(11-9-15)28-13-18(26)23-20-25-24-19(29-20)17-7-6-12-27-17/h8-11,17H,6-7,12-14H2,1-5H3,(H,23,25,26). The van der Waals surface area contributed by atoms with Crippen molar-refractivity contribution in [2.75, 3.05) is 18.5 Å². The maximum absolute atomic E-state index is 12.2. The van der Waals surface area contributed by atoms with Crippen LogP contribution in [0.2, 0.25) is 0 Å². The Morgan fingerprint density at radius 1 is 1.21 bits per heavy atom. The zero-order valence-corrected chi connectivity index (χ0v) is 18.8. The SMILES string of the molecule is CC(C)(C)CC(C)(C)c1ccc(OCC(=O)Nc2nnc(C3CCCO3)s2)cc1. The first kappa shape index (κ1) is 21.7. The van der Waals surface area contributed by atoms with Gasteiger partial charge < -0.3 is 9.47 Å².